The first-order valence-electron chi connectivity index (χ1n) is 8.50. The molecule has 2 aliphatic carbocycles. The molecule has 2 saturated carbocycles. The summed E-state index contributed by atoms with van der Waals surface area (Å²) < 4.78 is 0. The summed E-state index contributed by atoms with van der Waals surface area (Å²) in [4.78, 5) is 21.5. The Balaban J connectivity index is 2.02. The Bertz CT molecular complexity index is 350. The normalized spacial score (nSPS) is 40.7. The Morgan fingerprint density at radius 2 is 1.62 bits per heavy atom. The Hall–Kier alpha value is -0.840. The van der Waals surface area contributed by atoms with Crippen LogP contribution in [-0.4, -0.2) is 25.2 Å². The van der Waals surface area contributed by atoms with E-state index in [1.807, 2.05) is 0 Å². The lowest BCUT2D eigenvalue weighted by atomic mass is 9.65. The van der Waals surface area contributed by atoms with Gasteiger partial charge in [0.05, 0.1) is 12.6 Å². The van der Waals surface area contributed by atoms with Gasteiger partial charge in [0.15, 0.2) is 0 Å². The Kier molecular flexibility index (Phi) is 6.27. The van der Waals surface area contributed by atoms with E-state index in [2.05, 4.69) is 29.5 Å². The summed E-state index contributed by atoms with van der Waals surface area (Å²) in [6.45, 7) is 5.50. The molecule has 5 nitrogen and oxygen atoms in total. The van der Waals surface area contributed by atoms with E-state index in [0.717, 1.165) is 19.3 Å². The smallest absolute Gasteiger partial charge is 0.0953 e. The zero-order chi connectivity index (χ0) is 15.2. The molecule has 2 aliphatic rings. The number of rotatable bonds is 6. The van der Waals surface area contributed by atoms with E-state index < -0.39 is 0 Å². The van der Waals surface area contributed by atoms with Crippen LogP contribution < -0.4 is 5.32 Å². The monoisotopic (exact) mass is 295 g/mol. The molecular weight excluding hydrogens is 266 g/mol. The maximum atomic E-state index is 11.3. The van der Waals surface area contributed by atoms with Gasteiger partial charge >= 0.3 is 0 Å². The van der Waals surface area contributed by atoms with E-state index in [4.69, 9.17) is 0 Å². The van der Waals surface area contributed by atoms with E-state index in [1.54, 1.807) is 0 Å². The van der Waals surface area contributed by atoms with Crippen LogP contribution in [0.1, 0.15) is 52.4 Å². The van der Waals surface area contributed by atoms with Crippen molar-refractivity contribution in [3.05, 3.63) is 9.81 Å². The average molecular weight is 295 g/mol. The third kappa shape index (κ3) is 4.31. The van der Waals surface area contributed by atoms with Gasteiger partial charge in [-0.05, 0) is 49.4 Å². The molecule has 21 heavy (non-hydrogen) atoms. The number of hydrogen-bond acceptors (Lipinski definition) is 5. The molecule has 2 rings (SSSR count). The van der Waals surface area contributed by atoms with E-state index in [1.165, 1.54) is 19.3 Å². The quantitative estimate of drug-likeness (QED) is 0.599. The zero-order valence-corrected chi connectivity index (χ0v) is 13.3. The van der Waals surface area contributed by atoms with Crippen LogP contribution in [0.15, 0.2) is 10.4 Å². The summed E-state index contributed by atoms with van der Waals surface area (Å²) in [6, 6.07) is 0.402. The second-order valence-corrected chi connectivity index (χ2v) is 7.25. The van der Waals surface area contributed by atoms with Crippen molar-refractivity contribution in [2.24, 2.45) is 34.0 Å². The van der Waals surface area contributed by atoms with E-state index in [0.29, 0.717) is 42.8 Å². The van der Waals surface area contributed by atoms with Gasteiger partial charge in [0, 0.05) is 12.6 Å². The van der Waals surface area contributed by atoms with Crippen molar-refractivity contribution in [2.75, 3.05) is 13.1 Å². The highest BCUT2D eigenvalue weighted by Crippen LogP contribution is 2.42. The lowest BCUT2D eigenvalue weighted by Crippen LogP contribution is -2.48. The van der Waals surface area contributed by atoms with Crippen molar-refractivity contribution in [3.63, 3.8) is 0 Å². The molecule has 0 bridgehead atoms. The first-order valence-corrected chi connectivity index (χ1v) is 8.50. The molecule has 0 aromatic rings. The van der Waals surface area contributed by atoms with Crippen LogP contribution >= 0.6 is 0 Å². The maximum Gasteiger partial charge on any atom is 0.0953 e. The predicted octanol–water partition coefficient (Wildman–Crippen LogP) is 3.72. The lowest BCUT2D eigenvalue weighted by Gasteiger charge is -2.44. The summed E-state index contributed by atoms with van der Waals surface area (Å²) in [7, 11) is 0. The van der Waals surface area contributed by atoms with Gasteiger partial charge in [0.25, 0.3) is 0 Å². The lowest BCUT2D eigenvalue weighted by molar-refractivity contribution is 0.0999. The van der Waals surface area contributed by atoms with Crippen LogP contribution in [0.2, 0.25) is 0 Å². The van der Waals surface area contributed by atoms with Gasteiger partial charge in [-0.15, -0.1) is 0 Å². The Labute approximate surface area is 127 Å². The molecule has 0 radical (unpaired) electrons. The van der Waals surface area contributed by atoms with Crippen LogP contribution in [0.3, 0.4) is 0 Å². The molecule has 0 aliphatic heterocycles. The molecule has 0 spiro atoms. The molecule has 120 valence electrons. The van der Waals surface area contributed by atoms with E-state index in [9.17, 15) is 9.81 Å². The number of hydrogen-bond donors (Lipinski definition) is 1. The highest BCUT2D eigenvalue weighted by atomic mass is 16.3. The molecule has 0 heterocycles. The largest absolute Gasteiger partial charge is 0.312 e. The summed E-state index contributed by atoms with van der Waals surface area (Å²) >= 11 is 0. The van der Waals surface area contributed by atoms with Crippen molar-refractivity contribution in [1.82, 2.24) is 5.32 Å². The van der Waals surface area contributed by atoms with Gasteiger partial charge in [0.1, 0.15) is 0 Å². The number of nitrogens with zero attached hydrogens (tertiary/aromatic N) is 2. The molecule has 5 heteroatoms. The van der Waals surface area contributed by atoms with Gasteiger partial charge in [-0.2, -0.15) is 9.81 Å². The predicted molar refractivity (Wildman–Crippen MR) is 85.0 cm³/mol. The Morgan fingerprint density at radius 1 is 0.952 bits per heavy atom. The molecule has 0 aromatic heterocycles. The van der Waals surface area contributed by atoms with Crippen molar-refractivity contribution in [3.8, 4) is 0 Å². The van der Waals surface area contributed by atoms with Gasteiger partial charge in [-0.3, -0.25) is 0 Å². The fourth-order valence-electron chi connectivity index (χ4n) is 4.44. The number of nitroso groups, excluding NO2 is 2. The Morgan fingerprint density at radius 3 is 2.29 bits per heavy atom. The first kappa shape index (κ1) is 16.5. The van der Waals surface area contributed by atoms with Crippen molar-refractivity contribution < 1.29 is 0 Å². The summed E-state index contributed by atoms with van der Waals surface area (Å²) in [5, 5.41) is 9.91. The van der Waals surface area contributed by atoms with Gasteiger partial charge in [-0.1, -0.05) is 37.0 Å². The molecule has 0 amide bonds. The minimum absolute atomic E-state index is 0.0133. The van der Waals surface area contributed by atoms with Crippen LogP contribution in [0.4, 0.5) is 0 Å². The summed E-state index contributed by atoms with van der Waals surface area (Å²) in [5.41, 5.74) is 0. The topological polar surface area (TPSA) is 70.9 Å². The molecular formula is C16H29N3O2. The molecule has 0 saturated heterocycles. The minimum atomic E-state index is -0.0133. The summed E-state index contributed by atoms with van der Waals surface area (Å²) in [5.74, 6) is 2.29. The standard InChI is InChI=1S/C16H29N3O2/c1-11-3-5-13(15(9-11)17-7-8-18-20)14-6-4-12(2)10-16(14)19-21/h11-17H,3-10H2,1-2H3. The van der Waals surface area contributed by atoms with Crippen molar-refractivity contribution in [2.45, 2.75) is 64.5 Å². The van der Waals surface area contributed by atoms with Crippen LogP contribution in [0.5, 0.6) is 0 Å². The summed E-state index contributed by atoms with van der Waals surface area (Å²) in [6.07, 6.45) is 6.85. The fourth-order valence-corrected chi connectivity index (χ4v) is 4.44. The number of nitrogens with one attached hydrogen (secondary N) is 1. The van der Waals surface area contributed by atoms with E-state index >= 15 is 0 Å². The third-order valence-electron chi connectivity index (χ3n) is 5.59. The highest BCUT2D eigenvalue weighted by molar-refractivity contribution is 4.94. The second kappa shape index (κ2) is 7.97. The second-order valence-electron chi connectivity index (χ2n) is 7.25. The van der Waals surface area contributed by atoms with Gasteiger partial charge < -0.3 is 5.32 Å². The zero-order valence-electron chi connectivity index (χ0n) is 13.3. The highest BCUT2D eigenvalue weighted by Gasteiger charge is 2.40. The molecule has 1 N–H and O–H groups in total. The molecule has 6 unspecified atom stereocenters. The average Bonchev–Trinajstić information content (AvgIpc) is 2.48. The molecule has 0 aromatic carbocycles. The molecule has 2 fully saturated rings. The van der Waals surface area contributed by atoms with Crippen LogP contribution in [-0.2, 0) is 0 Å². The van der Waals surface area contributed by atoms with Gasteiger partial charge in [0.2, 0.25) is 0 Å². The van der Waals surface area contributed by atoms with Crippen LogP contribution in [0, 0.1) is 33.5 Å². The first-order chi connectivity index (χ1) is 10.2. The third-order valence-corrected chi connectivity index (χ3v) is 5.59. The van der Waals surface area contributed by atoms with Crippen LogP contribution in [0.25, 0.3) is 0 Å². The minimum Gasteiger partial charge on any atom is -0.312 e. The van der Waals surface area contributed by atoms with Crippen molar-refractivity contribution in [1.29, 1.82) is 0 Å². The molecule has 6 atom stereocenters. The maximum absolute atomic E-state index is 11.3. The fraction of sp³-hybridized carbons (Fsp3) is 1.00. The van der Waals surface area contributed by atoms with E-state index in [-0.39, 0.29) is 6.04 Å². The SMILES string of the molecule is CC1CCC(C2CCC(C)CC2NCCN=O)C(N=O)C1. The van der Waals surface area contributed by atoms with Gasteiger partial charge in [-0.25, -0.2) is 0 Å². The van der Waals surface area contributed by atoms with Crippen molar-refractivity contribution >= 4 is 0 Å².